The number of para-hydroxylation sites is 2. The molecule has 0 radical (unpaired) electrons. The second-order valence-corrected chi connectivity index (χ2v) is 17.1. The molecular weight excluding hydrogens is 797 g/mol. The monoisotopic (exact) mass is 832 g/mol. The molecule has 0 amide bonds. The Kier molecular flexibility index (Phi) is 7.57. The molecule has 13 aromatic rings. The van der Waals surface area contributed by atoms with E-state index in [2.05, 4.69) is 193 Å². The quantitative estimate of drug-likeness (QED) is 0.177. The molecule has 10 aromatic carbocycles. The molecule has 65 heavy (non-hydrogen) atoms. The van der Waals surface area contributed by atoms with Crippen molar-refractivity contribution in [3.05, 3.63) is 200 Å². The molecule has 0 fully saturated rings. The predicted octanol–water partition coefficient (Wildman–Crippen LogP) is 15.4. The summed E-state index contributed by atoms with van der Waals surface area (Å²) in [5.41, 5.74) is 10.5. The van der Waals surface area contributed by atoms with Gasteiger partial charge in [0.05, 0.1) is 22.3 Å². The van der Waals surface area contributed by atoms with Crippen LogP contribution in [0.25, 0.3) is 127 Å². The summed E-state index contributed by atoms with van der Waals surface area (Å²) < 4.78 is 16.0. The third-order valence-electron chi connectivity index (χ3n) is 13.4. The molecule has 14 rings (SSSR count). The number of aromatic nitrogens is 4. The van der Waals surface area contributed by atoms with E-state index in [1.54, 1.807) is 0 Å². The second kappa shape index (κ2) is 13.7. The van der Waals surface area contributed by atoms with Gasteiger partial charge in [-0.1, -0.05) is 146 Å². The summed E-state index contributed by atoms with van der Waals surface area (Å²) in [6, 6.07) is 68.5. The highest BCUT2D eigenvalue weighted by molar-refractivity contribution is 6.19. The highest BCUT2D eigenvalue weighted by Gasteiger charge is 2.27. The van der Waals surface area contributed by atoms with Crippen molar-refractivity contribution in [1.82, 2.24) is 19.5 Å². The first-order valence-electron chi connectivity index (χ1n) is 22.1. The van der Waals surface area contributed by atoms with Gasteiger partial charge >= 0.3 is 0 Å². The number of nitrogens with zero attached hydrogens (tertiary/aromatic N) is 4. The average molecular weight is 833 g/mol. The molecule has 1 unspecified atom stereocenters. The lowest BCUT2D eigenvalue weighted by molar-refractivity contribution is 0.223. The molecule has 0 N–H and O–H groups in total. The Labute approximate surface area is 372 Å². The number of furan rings is 1. The number of benzene rings is 10. The topological polar surface area (TPSA) is 66.0 Å². The van der Waals surface area contributed by atoms with Crippen LogP contribution in [0.3, 0.4) is 0 Å². The van der Waals surface area contributed by atoms with E-state index in [-0.39, 0.29) is 6.10 Å². The van der Waals surface area contributed by atoms with Crippen molar-refractivity contribution >= 4 is 76.1 Å². The molecule has 1 aliphatic rings. The number of hydrogen-bond donors (Lipinski definition) is 0. The third kappa shape index (κ3) is 5.38. The van der Waals surface area contributed by atoms with E-state index in [0.29, 0.717) is 23.1 Å². The fraction of sp³-hybridized carbons (Fsp3) is 0.0339. The van der Waals surface area contributed by atoms with Crippen LogP contribution < -0.4 is 4.74 Å². The van der Waals surface area contributed by atoms with Crippen LogP contribution in [0, 0.1) is 0 Å². The standard InChI is InChI=1S/C59H36N4O2/c1-34-40-27-26-39(32-48(40)44-21-9-11-24-53(44)64-34)57-60-58(47-22-12-17-35-13-4-6-18-41(35)47)62-59(61-57)54-51(30-29-46-45-28-25-36-14-5-7-19-42(36)55(45)65-56(46)54)63-50-23-10-8-20-43(50)49-31-37-15-2-3-16-38(37)33-52(49)63/h2-34H,1H3. The van der Waals surface area contributed by atoms with Gasteiger partial charge in [-0.25, -0.2) is 15.0 Å². The van der Waals surface area contributed by atoms with E-state index < -0.39 is 0 Å². The van der Waals surface area contributed by atoms with Crippen LogP contribution in [0.5, 0.6) is 5.75 Å². The van der Waals surface area contributed by atoms with Gasteiger partial charge in [-0.05, 0) is 87.9 Å². The van der Waals surface area contributed by atoms with E-state index >= 15 is 0 Å². The van der Waals surface area contributed by atoms with E-state index in [0.717, 1.165) is 105 Å². The zero-order chi connectivity index (χ0) is 42.8. The lowest BCUT2D eigenvalue weighted by Gasteiger charge is -2.26. The zero-order valence-electron chi connectivity index (χ0n) is 35.2. The summed E-state index contributed by atoms with van der Waals surface area (Å²) >= 11 is 0. The van der Waals surface area contributed by atoms with Crippen LogP contribution in [0.4, 0.5) is 0 Å². The van der Waals surface area contributed by atoms with E-state index in [1.165, 1.54) is 10.8 Å². The van der Waals surface area contributed by atoms with Gasteiger partial charge in [0.25, 0.3) is 0 Å². The van der Waals surface area contributed by atoms with Crippen molar-refractivity contribution in [2.45, 2.75) is 13.0 Å². The first kappa shape index (κ1) is 35.9. The minimum Gasteiger partial charge on any atom is -0.485 e. The molecule has 3 aromatic heterocycles. The summed E-state index contributed by atoms with van der Waals surface area (Å²) in [6.45, 7) is 2.10. The smallest absolute Gasteiger partial charge is 0.170 e. The van der Waals surface area contributed by atoms with Crippen LogP contribution in [-0.4, -0.2) is 19.5 Å². The fourth-order valence-corrected chi connectivity index (χ4v) is 10.4. The summed E-state index contributed by atoms with van der Waals surface area (Å²) in [5, 5.41) is 11.0. The number of ether oxygens (including phenoxy) is 1. The van der Waals surface area contributed by atoms with Crippen molar-refractivity contribution in [3.8, 4) is 56.7 Å². The van der Waals surface area contributed by atoms with Crippen molar-refractivity contribution in [3.63, 3.8) is 0 Å². The summed E-state index contributed by atoms with van der Waals surface area (Å²) in [6.07, 6.45) is -0.109. The van der Waals surface area contributed by atoms with Gasteiger partial charge in [0.1, 0.15) is 23.0 Å². The molecule has 0 spiro atoms. The maximum Gasteiger partial charge on any atom is 0.170 e. The maximum absolute atomic E-state index is 7.24. The fourth-order valence-electron chi connectivity index (χ4n) is 10.4. The Balaban J connectivity index is 1.12. The Morgan fingerprint density at radius 1 is 0.415 bits per heavy atom. The number of hydrogen-bond acceptors (Lipinski definition) is 5. The molecule has 304 valence electrons. The Bertz CT molecular complexity index is 4140. The molecule has 4 heterocycles. The largest absolute Gasteiger partial charge is 0.485 e. The molecule has 0 saturated carbocycles. The highest BCUT2D eigenvalue weighted by Crippen LogP contribution is 2.46. The Morgan fingerprint density at radius 3 is 1.94 bits per heavy atom. The number of rotatable bonds is 4. The third-order valence-corrected chi connectivity index (χ3v) is 13.4. The molecule has 1 atom stereocenters. The first-order chi connectivity index (χ1) is 32.1. The molecule has 6 nitrogen and oxygen atoms in total. The summed E-state index contributed by atoms with van der Waals surface area (Å²) in [7, 11) is 0. The van der Waals surface area contributed by atoms with Gasteiger partial charge in [-0.15, -0.1) is 0 Å². The van der Waals surface area contributed by atoms with E-state index in [4.69, 9.17) is 24.1 Å². The van der Waals surface area contributed by atoms with Gasteiger partial charge in [-0.3, -0.25) is 0 Å². The van der Waals surface area contributed by atoms with Crippen LogP contribution >= 0.6 is 0 Å². The Morgan fingerprint density at radius 2 is 1.06 bits per heavy atom. The van der Waals surface area contributed by atoms with Crippen LogP contribution in [0.1, 0.15) is 18.6 Å². The van der Waals surface area contributed by atoms with Crippen molar-refractivity contribution in [2.24, 2.45) is 0 Å². The minimum absolute atomic E-state index is 0.109. The van der Waals surface area contributed by atoms with Crippen molar-refractivity contribution < 1.29 is 9.15 Å². The second-order valence-electron chi connectivity index (χ2n) is 17.1. The summed E-state index contributed by atoms with van der Waals surface area (Å²) in [4.78, 5) is 16.4. The SMILES string of the molecule is CC1Oc2ccccc2-c2cc(-c3nc(-c4cccc5ccccc45)nc(-c4c(-n5c6ccccc6c6cc7ccccc7cc65)ccc5c4oc4c6ccccc6ccc54)n3)ccc21. The molecule has 0 aliphatic carbocycles. The lowest BCUT2D eigenvalue weighted by atomic mass is 9.91. The van der Waals surface area contributed by atoms with E-state index in [9.17, 15) is 0 Å². The normalized spacial score (nSPS) is 13.6. The van der Waals surface area contributed by atoms with Crippen molar-refractivity contribution in [2.75, 3.05) is 0 Å². The minimum atomic E-state index is -0.109. The lowest BCUT2D eigenvalue weighted by Crippen LogP contribution is -2.11. The van der Waals surface area contributed by atoms with Crippen molar-refractivity contribution in [1.29, 1.82) is 0 Å². The zero-order valence-corrected chi connectivity index (χ0v) is 35.2. The number of fused-ring (bicyclic) bond motifs is 13. The van der Waals surface area contributed by atoms with Crippen LogP contribution in [0.2, 0.25) is 0 Å². The van der Waals surface area contributed by atoms with Crippen LogP contribution in [-0.2, 0) is 0 Å². The highest BCUT2D eigenvalue weighted by atomic mass is 16.5. The van der Waals surface area contributed by atoms with E-state index in [1.807, 2.05) is 12.1 Å². The first-order valence-corrected chi connectivity index (χ1v) is 22.1. The van der Waals surface area contributed by atoms with Gasteiger partial charge in [0.2, 0.25) is 0 Å². The van der Waals surface area contributed by atoms with Gasteiger partial charge in [-0.2, -0.15) is 0 Å². The predicted molar refractivity (Wildman–Crippen MR) is 265 cm³/mol. The maximum atomic E-state index is 7.24. The molecule has 0 bridgehead atoms. The molecule has 0 saturated heterocycles. The average Bonchev–Trinajstić information content (AvgIpc) is 3.90. The van der Waals surface area contributed by atoms with Gasteiger partial charge < -0.3 is 13.7 Å². The molecule has 6 heteroatoms. The Hall–Kier alpha value is -8.61. The summed E-state index contributed by atoms with van der Waals surface area (Å²) in [5.74, 6) is 2.53. The molecule has 1 aliphatic heterocycles. The van der Waals surface area contributed by atoms with Crippen LogP contribution in [0.15, 0.2) is 199 Å². The van der Waals surface area contributed by atoms with Gasteiger partial charge in [0.15, 0.2) is 17.5 Å². The van der Waals surface area contributed by atoms with Gasteiger partial charge in [0, 0.05) is 49.2 Å². The molecular formula is C59H36N4O2.